The van der Waals surface area contributed by atoms with E-state index in [2.05, 4.69) is 25.6 Å². The van der Waals surface area contributed by atoms with Gasteiger partial charge in [-0.15, -0.1) is 11.3 Å². The number of hydrogen-bond donors (Lipinski definition) is 2. The Morgan fingerprint density at radius 1 is 1.45 bits per heavy atom. The molecule has 9 heteroatoms. The molecular formula is C11H9BrN2O4S2. The molecule has 0 unspecified atom stereocenters. The summed E-state index contributed by atoms with van der Waals surface area (Å²) in [4.78, 5) is 14.9. The molecule has 0 amide bonds. The molecule has 0 fully saturated rings. The van der Waals surface area contributed by atoms with Gasteiger partial charge in [0.2, 0.25) is 10.0 Å². The highest BCUT2D eigenvalue weighted by atomic mass is 79.9. The minimum absolute atomic E-state index is 0.0679. The number of carboxylic acids is 1. The maximum atomic E-state index is 12.1. The summed E-state index contributed by atoms with van der Waals surface area (Å²) < 4.78 is 26.8. The first-order valence-electron chi connectivity index (χ1n) is 5.31. The van der Waals surface area contributed by atoms with Crippen molar-refractivity contribution < 1.29 is 18.3 Å². The third-order valence-corrected chi connectivity index (χ3v) is 5.25. The molecular weight excluding hydrogens is 368 g/mol. The number of thiazole rings is 1. The lowest BCUT2D eigenvalue weighted by Crippen LogP contribution is -2.23. The van der Waals surface area contributed by atoms with Crippen LogP contribution in [0.2, 0.25) is 0 Å². The van der Waals surface area contributed by atoms with Crippen LogP contribution < -0.4 is 4.72 Å². The van der Waals surface area contributed by atoms with E-state index in [-0.39, 0.29) is 17.0 Å². The molecule has 1 heterocycles. The van der Waals surface area contributed by atoms with E-state index in [0.717, 1.165) is 6.07 Å². The van der Waals surface area contributed by atoms with Gasteiger partial charge >= 0.3 is 5.97 Å². The molecule has 20 heavy (non-hydrogen) atoms. The Hall–Kier alpha value is -1.29. The summed E-state index contributed by atoms with van der Waals surface area (Å²) in [5.41, 5.74) is -0.109. The monoisotopic (exact) mass is 376 g/mol. The van der Waals surface area contributed by atoms with Gasteiger partial charge in [0, 0.05) is 16.0 Å². The van der Waals surface area contributed by atoms with Gasteiger partial charge in [0.15, 0.2) is 0 Å². The zero-order chi connectivity index (χ0) is 14.8. The predicted octanol–water partition coefficient (Wildman–Crippen LogP) is 2.08. The number of hydrogen-bond acceptors (Lipinski definition) is 5. The van der Waals surface area contributed by atoms with E-state index in [9.17, 15) is 13.2 Å². The number of nitrogens with zero attached hydrogens (tertiary/aromatic N) is 1. The lowest BCUT2D eigenvalue weighted by atomic mass is 10.2. The third kappa shape index (κ3) is 3.42. The summed E-state index contributed by atoms with van der Waals surface area (Å²) in [5.74, 6) is -1.20. The van der Waals surface area contributed by atoms with E-state index in [4.69, 9.17) is 5.11 Å². The fourth-order valence-electron chi connectivity index (χ4n) is 1.42. The number of halogens is 1. The maximum Gasteiger partial charge on any atom is 0.336 e. The smallest absolute Gasteiger partial charge is 0.336 e. The zero-order valence-corrected chi connectivity index (χ0v) is 13.1. The highest BCUT2D eigenvalue weighted by Gasteiger charge is 2.18. The Balaban J connectivity index is 2.25. The van der Waals surface area contributed by atoms with Crippen LogP contribution in [0.1, 0.15) is 15.4 Å². The van der Waals surface area contributed by atoms with Gasteiger partial charge in [-0.3, -0.25) is 0 Å². The lowest BCUT2D eigenvalue weighted by Gasteiger charge is -2.07. The number of aromatic nitrogens is 1. The van der Waals surface area contributed by atoms with E-state index in [0.29, 0.717) is 9.48 Å². The van der Waals surface area contributed by atoms with Crippen molar-refractivity contribution in [3.05, 3.63) is 44.8 Å². The third-order valence-electron chi connectivity index (χ3n) is 2.38. The fourth-order valence-corrected chi connectivity index (χ4v) is 3.49. The first kappa shape index (κ1) is 15.1. The van der Waals surface area contributed by atoms with Gasteiger partial charge in [0.1, 0.15) is 5.01 Å². The second-order valence-corrected chi connectivity index (χ2v) is 7.30. The maximum absolute atomic E-state index is 12.1. The summed E-state index contributed by atoms with van der Waals surface area (Å²) >= 11 is 4.39. The molecule has 0 spiro atoms. The van der Waals surface area contributed by atoms with Gasteiger partial charge in [0.05, 0.1) is 17.0 Å². The van der Waals surface area contributed by atoms with Crippen molar-refractivity contribution in [1.82, 2.24) is 9.71 Å². The van der Waals surface area contributed by atoms with Crippen LogP contribution in [-0.2, 0) is 16.6 Å². The molecule has 0 atom stereocenters. The Bertz CT molecular complexity index is 729. The van der Waals surface area contributed by atoms with Crippen molar-refractivity contribution in [3.8, 4) is 0 Å². The van der Waals surface area contributed by atoms with Crippen LogP contribution >= 0.6 is 27.3 Å². The fraction of sp³-hybridized carbons (Fsp3) is 0.0909. The van der Waals surface area contributed by atoms with Gasteiger partial charge in [-0.1, -0.05) is 0 Å². The number of carbonyl (C=O) groups is 1. The predicted molar refractivity (Wildman–Crippen MR) is 77.2 cm³/mol. The first-order valence-corrected chi connectivity index (χ1v) is 8.46. The summed E-state index contributed by atoms with van der Waals surface area (Å²) in [7, 11) is -3.78. The largest absolute Gasteiger partial charge is 0.478 e. The van der Waals surface area contributed by atoms with Crippen molar-refractivity contribution in [1.29, 1.82) is 0 Å². The van der Waals surface area contributed by atoms with Crippen molar-refractivity contribution in [2.45, 2.75) is 11.4 Å². The molecule has 0 saturated heterocycles. The SMILES string of the molecule is O=C(O)c1cc(S(=O)(=O)NCc2nccs2)ccc1Br. The van der Waals surface area contributed by atoms with Crippen LogP contribution in [0.25, 0.3) is 0 Å². The highest BCUT2D eigenvalue weighted by Crippen LogP contribution is 2.21. The van der Waals surface area contributed by atoms with Crippen LogP contribution in [0.3, 0.4) is 0 Å². The van der Waals surface area contributed by atoms with Crippen molar-refractivity contribution in [2.24, 2.45) is 0 Å². The minimum atomic E-state index is -3.78. The number of benzene rings is 1. The Kier molecular flexibility index (Phi) is 4.53. The van der Waals surface area contributed by atoms with Gasteiger partial charge in [-0.05, 0) is 34.1 Å². The quantitative estimate of drug-likeness (QED) is 0.832. The molecule has 0 bridgehead atoms. The summed E-state index contributed by atoms with van der Waals surface area (Å²) in [6, 6.07) is 3.83. The van der Waals surface area contributed by atoms with E-state index < -0.39 is 16.0 Å². The molecule has 0 aliphatic rings. The summed E-state index contributed by atoms with van der Waals surface area (Å²) in [5, 5.41) is 11.4. The van der Waals surface area contributed by atoms with Crippen LogP contribution in [0.4, 0.5) is 0 Å². The molecule has 1 aromatic carbocycles. The summed E-state index contributed by atoms with van der Waals surface area (Å²) in [6.07, 6.45) is 1.58. The van der Waals surface area contributed by atoms with Crippen molar-refractivity contribution in [3.63, 3.8) is 0 Å². The first-order chi connectivity index (χ1) is 9.40. The molecule has 6 nitrogen and oxygen atoms in total. The number of carboxylic acid groups (broad SMARTS) is 1. The number of nitrogens with one attached hydrogen (secondary N) is 1. The standard InChI is InChI=1S/C11H9BrN2O4S2/c12-9-2-1-7(5-8(9)11(15)16)20(17,18)14-6-10-13-3-4-19-10/h1-5,14H,6H2,(H,15,16). The average Bonchev–Trinajstić information content (AvgIpc) is 2.89. The second-order valence-electron chi connectivity index (χ2n) is 3.70. The van der Waals surface area contributed by atoms with Gasteiger partial charge in [-0.25, -0.2) is 22.9 Å². The topological polar surface area (TPSA) is 96.4 Å². The van der Waals surface area contributed by atoms with E-state index in [1.807, 2.05) is 0 Å². The van der Waals surface area contributed by atoms with Crippen LogP contribution in [-0.4, -0.2) is 24.5 Å². The molecule has 0 aliphatic heterocycles. The van der Waals surface area contributed by atoms with E-state index >= 15 is 0 Å². The van der Waals surface area contributed by atoms with Gasteiger partial charge < -0.3 is 5.11 Å². The second kappa shape index (κ2) is 6.00. The molecule has 106 valence electrons. The van der Waals surface area contributed by atoms with E-state index in [1.54, 1.807) is 11.6 Å². The van der Waals surface area contributed by atoms with Gasteiger partial charge in [-0.2, -0.15) is 0 Å². The Morgan fingerprint density at radius 3 is 2.80 bits per heavy atom. The van der Waals surface area contributed by atoms with Crippen molar-refractivity contribution >= 4 is 43.3 Å². The normalized spacial score (nSPS) is 11.4. The minimum Gasteiger partial charge on any atom is -0.478 e. The van der Waals surface area contributed by atoms with Crippen LogP contribution in [0.5, 0.6) is 0 Å². The molecule has 0 aliphatic carbocycles. The summed E-state index contributed by atoms with van der Waals surface area (Å²) in [6.45, 7) is 0.0679. The molecule has 0 saturated carbocycles. The Morgan fingerprint density at radius 2 is 2.20 bits per heavy atom. The average molecular weight is 377 g/mol. The van der Waals surface area contributed by atoms with Crippen LogP contribution in [0, 0.1) is 0 Å². The molecule has 2 N–H and O–H groups in total. The molecule has 0 radical (unpaired) electrons. The lowest BCUT2D eigenvalue weighted by molar-refractivity contribution is 0.0695. The molecule has 2 rings (SSSR count). The number of rotatable bonds is 5. The Labute approximate surface area is 127 Å². The number of sulfonamides is 1. The molecule has 2 aromatic rings. The number of aromatic carboxylic acids is 1. The van der Waals surface area contributed by atoms with E-state index in [1.165, 1.54) is 23.5 Å². The van der Waals surface area contributed by atoms with Crippen molar-refractivity contribution in [2.75, 3.05) is 0 Å². The highest BCUT2D eigenvalue weighted by molar-refractivity contribution is 9.10. The molecule has 1 aromatic heterocycles. The van der Waals surface area contributed by atoms with Crippen LogP contribution in [0.15, 0.2) is 39.1 Å². The van der Waals surface area contributed by atoms with Gasteiger partial charge in [0.25, 0.3) is 0 Å². The zero-order valence-electron chi connectivity index (χ0n) is 9.91.